The van der Waals surface area contributed by atoms with Gasteiger partial charge in [0.1, 0.15) is 0 Å². The van der Waals surface area contributed by atoms with E-state index in [1.165, 1.54) is 4.90 Å². The molecule has 0 spiro atoms. The van der Waals surface area contributed by atoms with E-state index in [1.807, 2.05) is 12.3 Å². The van der Waals surface area contributed by atoms with E-state index in [0.717, 1.165) is 6.42 Å². The molecular formula is C6H15N3O2. The van der Waals surface area contributed by atoms with Crippen molar-refractivity contribution in [3.05, 3.63) is 0 Å². The number of nitrogens with one attached hydrogen (secondary N) is 1. The number of rotatable bonds is 4. The maximum atomic E-state index is 10.9. The van der Waals surface area contributed by atoms with Crippen LogP contribution in [0.15, 0.2) is 0 Å². The molecule has 11 heavy (non-hydrogen) atoms. The van der Waals surface area contributed by atoms with Crippen LogP contribution in [0.3, 0.4) is 0 Å². The molecule has 0 heterocycles. The molecule has 0 fully saturated rings. The van der Waals surface area contributed by atoms with Gasteiger partial charge in [-0.15, -0.1) is 0 Å². The number of hydrogen-bond donors (Lipinski definition) is 3. The van der Waals surface area contributed by atoms with Crippen LogP contribution in [0.4, 0.5) is 4.79 Å². The number of nitrogens with two attached hydrogens (primary N) is 1. The maximum absolute atomic E-state index is 10.9. The molecule has 0 radical (unpaired) electrons. The number of hydrogen-bond acceptors (Lipinski definition) is 3. The predicted octanol–water partition coefficient (Wildman–Crippen LogP) is -0.726. The molecule has 0 saturated carbocycles. The summed E-state index contributed by atoms with van der Waals surface area (Å²) < 4.78 is 0. The second kappa shape index (κ2) is 5.94. The van der Waals surface area contributed by atoms with Crippen molar-refractivity contribution in [2.75, 3.05) is 19.7 Å². The number of amides is 2. The van der Waals surface area contributed by atoms with Gasteiger partial charge in [0.2, 0.25) is 0 Å². The first-order chi connectivity index (χ1) is 5.26. The van der Waals surface area contributed by atoms with Gasteiger partial charge in [0.25, 0.3) is 0 Å². The van der Waals surface area contributed by atoms with Gasteiger partial charge in [-0.25, -0.2) is 10.6 Å². The molecule has 5 heteroatoms. The molecule has 0 aliphatic rings. The normalized spacial score (nSPS) is 9.36. The number of aliphatic hydroxyl groups is 1. The lowest BCUT2D eigenvalue weighted by molar-refractivity contribution is 0.177. The van der Waals surface area contributed by atoms with Crippen LogP contribution >= 0.6 is 0 Å². The average molecular weight is 161 g/mol. The van der Waals surface area contributed by atoms with Crippen molar-refractivity contribution in [3.8, 4) is 0 Å². The van der Waals surface area contributed by atoms with Crippen LogP contribution in [-0.2, 0) is 0 Å². The molecule has 0 aliphatic carbocycles. The van der Waals surface area contributed by atoms with Crippen LogP contribution < -0.4 is 11.3 Å². The minimum atomic E-state index is -0.346. The van der Waals surface area contributed by atoms with Crippen molar-refractivity contribution in [3.63, 3.8) is 0 Å². The molecule has 0 unspecified atom stereocenters. The zero-order valence-electron chi connectivity index (χ0n) is 6.71. The quantitative estimate of drug-likeness (QED) is 0.289. The summed E-state index contributed by atoms with van der Waals surface area (Å²) in [5, 5.41) is 8.55. The van der Waals surface area contributed by atoms with Gasteiger partial charge < -0.3 is 10.0 Å². The van der Waals surface area contributed by atoms with Gasteiger partial charge in [-0.1, -0.05) is 6.92 Å². The lowest BCUT2D eigenvalue weighted by atomic mass is 10.4. The number of aliphatic hydroxyl groups excluding tert-OH is 1. The molecule has 0 atom stereocenters. The number of nitrogens with zero attached hydrogens (tertiary/aromatic N) is 1. The zero-order valence-corrected chi connectivity index (χ0v) is 6.71. The first-order valence-electron chi connectivity index (χ1n) is 3.62. The van der Waals surface area contributed by atoms with Crippen LogP contribution in [0.1, 0.15) is 13.3 Å². The number of carbonyl (C=O) groups is 1. The smallest absolute Gasteiger partial charge is 0.331 e. The Morgan fingerprint density at radius 2 is 2.27 bits per heavy atom. The zero-order chi connectivity index (χ0) is 8.69. The maximum Gasteiger partial charge on any atom is 0.331 e. The highest BCUT2D eigenvalue weighted by molar-refractivity contribution is 5.73. The highest BCUT2D eigenvalue weighted by Gasteiger charge is 2.08. The monoisotopic (exact) mass is 161 g/mol. The molecule has 66 valence electrons. The summed E-state index contributed by atoms with van der Waals surface area (Å²) in [5.74, 6) is 4.91. The van der Waals surface area contributed by atoms with E-state index in [4.69, 9.17) is 10.9 Å². The van der Waals surface area contributed by atoms with Crippen molar-refractivity contribution < 1.29 is 9.90 Å². The Kier molecular flexibility index (Phi) is 5.50. The van der Waals surface area contributed by atoms with Gasteiger partial charge in [-0.2, -0.15) is 0 Å². The van der Waals surface area contributed by atoms with Gasteiger partial charge in [-0.05, 0) is 6.42 Å². The van der Waals surface area contributed by atoms with E-state index in [1.54, 1.807) is 0 Å². The van der Waals surface area contributed by atoms with Gasteiger partial charge in [0.05, 0.1) is 6.61 Å². The van der Waals surface area contributed by atoms with Crippen molar-refractivity contribution in [2.45, 2.75) is 13.3 Å². The minimum absolute atomic E-state index is 0.0343. The Morgan fingerprint density at radius 1 is 1.64 bits per heavy atom. The third kappa shape index (κ3) is 3.79. The molecular weight excluding hydrogens is 146 g/mol. The van der Waals surface area contributed by atoms with Crippen LogP contribution in [-0.4, -0.2) is 35.7 Å². The third-order valence-electron chi connectivity index (χ3n) is 1.27. The van der Waals surface area contributed by atoms with Crippen LogP contribution in [0.2, 0.25) is 0 Å². The lowest BCUT2D eigenvalue weighted by Crippen LogP contribution is -2.44. The largest absolute Gasteiger partial charge is 0.395 e. The molecule has 0 aromatic carbocycles. The molecule has 2 amide bonds. The molecule has 5 nitrogen and oxygen atoms in total. The number of carbonyl (C=O) groups excluding carboxylic acids is 1. The fraction of sp³-hybridized carbons (Fsp3) is 0.833. The minimum Gasteiger partial charge on any atom is -0.395 e. The summed E-state index contributed by atoms with van der Waals surface area (Å²) in [6.45, 7) is 2.86. The fourth-order valence-corrected chi connectivity index (χ4v) is 0.797. The second-order valence-electron chi connectivity index (χ2n) is 2.16. The molecule has 4 N–H and O–H groups in total. The lowest BCUT2D eigenvalue weighted by Gasteiger charge is -2.19. The van der Waals surface area contributed by atoms with Crippen LogP contribution in [0, 0.1) is 0 Å². The first-order valence-corrected chi connectivity index (χ1v) is 3.62. The molecule has 0 aromatic heterocycles. The molecule has 0 rings (SSSR count). The third-order valence-corrected chi connectivity index (χ3v) is 1.27. The Hall–Kier alpha value is -0.810. The first kappa shape index (κ1) is 10.2. The number of urea groups is 1. The molecule has 0 aromatic rings. The van der Waals surface area contributed by atoms with Gasteiger partial charge in [-0.3, -0.25) is 5.43 Å². The van der Waals surface area contributed by atoms with E-state index in [0.29, 0.717) is 13.1 Å². The predicted molar refractivity (Wildman–Crippen MR) is 41.7 cm³/mol. The average Bonchev–Trinajstić information content (AvgIpc) is 2.03. The molecule has 0 bridgehead atoms. The fourth-order valence-electron chi connectivity index (χ4n) is 0.797. The van der Waals surface area contributed by atoms with Crippen molar-refractivity contribution in [1.29, 1.82) is 0 Å². The van der Waals surface area contributed by atoms with Gasteiger partial charge in [0, 0.05) is 13.1 Å². The molecule has 0 aliphatic heterocycles. The summed E-state index contributed by atoms with van der Waals surface area (Å²) in [5.41, 5.74) is 2.01. The Bertz CT molecular complexity index is 112. The van der Waals surface area contributed by atoms with Crippen LogP contribution in [0.25, 0.3) is 0 Å². The van der Waals surface area contributed by atoms with E-state index in [2.05, 4.69) is 0 Å². The SMILES string of the molecule is CCCN(CCO)C(=O)NN. The van der Waals surface area contributed by atoms with Crippen LogP contribution in [0.5, 0.6) is 0 Å². The Morgan fingerprint density at radius 3 is 2.64 bits per heavy atom. The van der Waals surface area contributed by atoms with Gasteiger partial charge >= 0.3 is 6.03 Å². The summed E-state index contributed by atoms with van der Waals surface area (Å²) >= 11 is 0. The van der Waals surface area contributed by atoms with Crippen molar-refractivity contribution in [2.24, 2.45) is 5.84 Å². The van der Waals surface area contributed by atoms with E-state index >= 15 is 0 Å². The highest BCUT2D eigenvalue weighted by atomic mass is 16.3. The van der Waals surface area contributed by atoms with E-state index < -0.39 is 0 Å². The Labute approximate surface area is 66.1 Å². The van der Waals surface area contributed by atoms with E-state index in [-0.39, 0.29) is 12.6 Å². The number of hydrazine groups is 1. The van der Waals surface area contributed by atoms with Gasteiger partial charge in [0.15, 0.2) is 0 Å². The topological polar surface area (TPSA) is 78.6 Å². The summed E-state index contributed by atoms with van der Waals surface area (Å²) in [6, 6.07) is -0.346. The summed E-state index contributed by atoms with van der Waals surface area (Å²) in [7, 11) is 0. The van der Waals surface area contributed by atoms with Crippen molar-refractivity contribution >= 4 is 6.03 Å². The summed E-state index contributed by atoms with van der Waals surface area (Å²) in [6.07, 6.45) is 0.855. The highest BCUT2D eigenvalue weighted by Crippen LogP contribution is 1.90. The molecule has 0 saturated heterocycles. The second-order valence-corrected chi connectivity index (χ2v) is 2.16. The standard InChI is InChI=1S/C6H15N3O2/c1-2-3-9(4-5-10)6(11)8-7/h10H,2-5,7H2,1H3,(H,8,11). The summed E-state index contributed by atoms with van der Waals surface area (Å²) in [4.78, 5) is 12.3. The van der Waals surface area contributed by atoms with E-state index in [9.17, 15) is 4.79 Å². The Balaban J connectivity index is 3.76. The van der Waals surface area contributed by atoms with Crippen molar-refractivity contribution in [1.82, 2.24) is 10.3 Å².